The Hall–Kier alpha value is -0.550. The Bertz CT molecular complexity index is 213. The summed E-state index contributed by atoms with van der Waals surface area (Å²) in [6.07, 6.45) is 2.55. The predicted molar refractivity (Wildman–Crippen MR) is 44.4 cm³/mol. The van der Waals surface area contributed by atoms with Crippen LogP contribution in [0.1, 0.15) is 12.1 Å². The van der Waals surface area contributed by atoms with Crippen molar-refractivity contribution in [3.8, 4) is 0 Å². The molecule has 11 heavy (non-hydrogen) atoms. The number of hydrogen-bond acceptors (Lipinski definition) is 4. The lowest BCUT2D eigenvalue weighted by molar-refractivity contribution is 0.276. The number of rotatable bonds is 4. The van der Waals surface area contributed by atoms with Crippen LogP contribution in [-0.2, 0) is 12.3 Å². The van der Waals surface area contributed by atoms with Crippen LogP contribution in [0.15, 0.2) is 6.20 Å². The summed E-state index contributed by atoms with van der Waals surface area (Å²) in [5.41, 5.74) is 0.867. The second kappa shape index (κ2) is 4.35. The number of aryl methyl sites for hydroxylation is 1. The highest BCUT2D eigenvalue weighted by molar-refractivity contribution is 7.79. The van der Waals surface area contributed by atoms with Gasteiger partial charge in [-0.1, -0.05) is 5.21 Å². The number of hydrogen-bond donors (Lipinski definition) is 2. The van der Waals surface area contributed by atoms with E-state index in [2.05, 4.69) is 22.9 Å². The van der Waals surface area contributed by atoms with Gasteiger partial charge >= 0.3 is 0 Å². The molecular weight excluding hydrogens is 162 g/mol. The first-order chi connectivity index (χ1) is 5.36. The maximum atomic E-state index is 8.51. The number of aliphatic hydroxyl groups excluding tert-OH is 1. The van der Waals surface area contributed by atoms with E-state index in [4.69, 9.17) is 5.11 Å². The van der Waals surface area contributed by atoms with E-state index in [1.54, 1.807) is 4.68 Å². The van der Waals surface area contributed by atoms with Crippen molar-refractivity contribution in [3.05, 3.63) is 11.9 Å². The first-order valence-corrected chi connectivity index (χ1v) is 4.11. The fourth-order valence-corrected chi connectivity index (χ4v) is 0.898. The molecule has 0 unspecified atom stereocenters. The minimum absolute atomic E-state index is 0.191. The van der Waals surface area contributed by atoms with Crippen LogP contribution in [0.4, 0.5) is 0 Å². The molecule has 1 rings (SSSR count). The van der Waals surface area contributed by atoms with E-state index < -0.39 is 0 Å². The molecule has 1 aromatic heterocycles. The molecule has 0 radical (unpaired) electrons. The van der Waals surface area contributed by atoms with Gasteiger partial charge in [0.05, 0.1) is 5.69 Å². The molecule has 62 valence electrons. The van der Waals surface area contributed by atoms with Gasteiger partial charge < -0.3 is 5.11 Å². The molecule has 0 aromatic carbocycles. The van der Waals surface area contributed by atoms with Crippen LogP contribution in [0, 0.1) is 0 Å². The normalized spacial score (nSPS) is 10.4. The monoisotopic (exact) mass is 173 g/mol. The van der Waals surface area contributed by atoms with Gasteiger partial charge in [0.1, 0.15) is 0 Å². The molecule has 1 heterocycles. The number of aliphatic hydroxyl groups is 1. The van der Waals surface area contributed by atoms with E-state index in [1.165, 1.54) is 0 Å². The van der Waals surface area contributed by atoms with E-state index in [-0.39, 0.29) is 6.61 Å². The van der Waals surface area contributed by atoms with Gasteiger partial charge in [-0.3, -0.25) is 4.68 Å². The summed E-state index contributed by atoms with van der Waals surface area (Å²) < 4.78 is 1.71. The predicted octanol–water partition coefficient (Wildman–Crippen LogP) is 0.0903. The van der Waals surface area contributed by atoms with Crippen molar-refractivity contribution in [1.82, 2.24) is 15.0 Å². The molecule has 1 N–H and O–H groups in total. The molecule has 0 saturated carbocycles. The van der Waals surface area contributed by atoms with Crippen LogP contribution in [0.3, 0.4) is 0 Å². The summed E-state index contributed by atoms with van der Waals surface area (Å²) in [7, 11) is 0. The molecule has 0 fully saturated rings. The van der Waals surface area contributed by atoms with Crippen LogP contribution in [0.5, 0.6) is 0 Å². The van der Waals surface area contributed by atoms with E-state index in [9.17, 15) is 0 Å². The van der Waals surface area contributed by atoms with Gasteiger partial charge in [0, 0.05) is 25.1 Å². The van der Waals surface area contributed by atoms with Crippen molar-refractivity contribution in [2.45, 2.75) is 18.7 Å². The average Bonchev–Trinajstić information content (AvgIpc) is 2.48. The second-order valence-corrected chi connectivity index (χ2v) is 2.52. The third-order valence-corrected chi connectivity index (χ3v) is 1.62. The lowest BCUT2D eigenvalue weighted by atomic mass is 10.4. The standard InChI is InChI=1S/C6H11N3OS/c10-3-1-2-9-4-6(5-11)7-8-9/h4,10-11H,1-3,5H2. The van der Waals surface area contributed by atoms with E-state index in [0.29, 0.717) is 5.75 Å². The molecule has 0 aliphatic carbocycles. The van der Waals surface area contributed by atoms with Crippen molar-refractivity contribution in [2.75, 3.05) is 6.61 Å². The summed E-state index contributed by atoms with van der Waals surface area (Å²) in [4.78, 5) is 0. The highest BCUT2D eigenvalue weighted by Crippen LogP contribution is 1.97. The topological polar surface area (TPSA) is 50.9 Å². The second-order valence-electron chi connectivity index (χ2n) is 2.21. The van der Waals surface area contributed by atoms with Crippen molar-refractivity contribution >= 4 is 12.6 Å². The van der Waals surface area contributed by atoms with E-state index in [1.807, 2.05) is 6.20 Å². The molecule has 4 nitrogen and oxygen atoms in total. The van der Waals surface area contributed by atoms with Crippen LogP contribution in [0.2, 0.25) is 0 Å². The molecule has 0 aliphatic rings. The van der Waals surface area contributed by atoms with Crippen molar-refractivity contribution in [2.24, 2.45) is 0 Å². The van der Waals surface area contributed by atoms with E-state index >= 15 is 0 Å². The van der Waals surface area contributed by atoms with Gasteiger partial charge in [0.25, 0.3) is 0 Å². The van der Waals surface area contributed by atoms with Gasteiger partial charge in [-0.05, 0) is 6.42 Å². The maximum Gasteiger partial charge on any atom is 0.0923 e. The zero-order valence-corrected chi connectivity index (χ0v) is 7.04. The molecule has 5 heteroatoms. The Morgan fingerprint density at radius 3 is 3.00 bits per heavy atom. The Morgan fingerprint density at radius 1 is 1.64 bits per heavy atom. The molecule has 0 spiro atoms. The van der Waals surface area contributed by atoms with Crippen LogP contribution < -0.4 is 0 Å². The first kappa shape index (κ1) is 8.55. The largest absolute Gasteiger partial charge is 0.396 e. The first-order valence-electron chi connectivity index (χ1n) is 3.47. The quantitative estimate of drug-likeness (QED) is 0.634. The summed E-state index contributed by atoms with van der Waals surface area (Å²) in [6, 6.07) is 0. The van der Waals surface area contributed by atoms with Crippen LogP contribution in [-0.4, -0.2) is 26.7 Å². The van der Waals surface area contributed by atoms with Crippen molar-refractivity contribution in [1.29, 1.82) is 0 Å². The van der Waals surface area contributed by atoms with Gasteiger partial charge in [-0.25, -0.2) is 0 Å². The smallest absolute Gasteiger partial charge is 0.0923 e. The zero-order valence-electron chi connectivity index (χ0n) is 6.14. The number of thiol groups is 1. The Kier molecular flexibility index (Phi) is 3.38. The van der Waals surface area contributed by atoms with Gasteiger partial charge in [0.2, 0.25) is 0 Å². The number of aromatic nitrogens is 3. The van der Waals surface area contributed by atoms with Crippen molar-refractivity contribution < 1.29 is 5.11 Å². The Labute approximate surface area is 70.6 Å². The van der Waals surface area contributed by atoms with Crippen molar-refractivity contribution in [3.63, 3.8) is 0 Å². The van der Waals surface area contributed by atoms with Gasteiger partial charge in [-0.2, -0.15) is 12.6 Å². The Morgan fingerprint density at radius 2 is 2.45 bits per heavy atom. The SMILES string of the molecule is OCCCn1cc(CS)nn1. The zero-order chi connectivity index (χ0) is 8.10. The highest BCUT2D eigenvalue weighted by Gasteiger charge is 1.96. The summed E-state index contributed by atoms with van der Waals surface area (Å²) in [6.45, 7) is 0.910. The summed E-state index contributed by atoms with van der Waals surface area (Å²) in [5.74, 6) is 0.610. The minimum Gasteiger partial charge on any atom is -0.396 e. The lowest BCUT2D eigenvalue weighted by Gasteiger charge is -1.94. The third kappa shape index (κ3) is 2.51. The van der Waals surface area contributed by atoms with Gasteiger partial charge in [-0.15, -0.1) is 5.10 Å². The summed E-state index contributed by atoms with van der Waals surface area (Å²) >= 11 is 4.05. The van der Waals surface area contributed by atoms with E-state index in [0.717, 1.165) is 18.7 Å². The molecule has 1 aromatic rings. The molecular formula is C6H11N3OS. The molecule has 0 amide bonds. The Balaban J connectivity index is 2.44. The van der Waals surface area contributed by atoms with Crippen LogP contribution >= 0.6 is 12.6 Å². The van der Waals surface area contributed by atoms with Crippen LogP contribution in [0.25, 0.3) is 0 Å². The molecule has 0 bridgehead atoms. The van der Waals surface area contributed by atoms with Gasteiger partial charge in [0.15, 0.2) is 0 Å². The maximum absolute atomic E-state index is 8.51. The molecule has 0 atom stereocenters. The highest BCUT2D eigenvalue weighted by atomic mass is 32.1. The minimum atomic E-state index is 0.191. The fourth-order valence-electron chi connectivity index (χ4n) is 0.753. The molecule has 0 aliphatic heterocycles. The fraction of sp³-hybridized carbons (Fsp3) is 0.667. The third-order valence-electron chi connectivity index (χ3n) is 1.29. The average molecular weight is 173 g/mol. The lowest BCUT2D eigenvalue weighted by Crippen LogP contribution is -2.00. The summed E-state index contributed by atoms with van der Waals surface area (Å²) in [5, 5.41) is 16.2. The number of nitrogens with zero attached hydrogens (tertiary/aromatic N) is 3. The molecule has 0 saturated heterocycles.